The van der Waals surface area contributed by atoms with Crippen LogP contribution in [0.5, 0.6) is 0 Å². The van der Waals surface area contributed by atoms with Crippen LogP contribution in [0.25, 0.3) is 0 Å². The summed E-state index contributed by atoms with van der Waals surface area (Å²) in [6, 6.07) is 9.63. The van der Waals surface area contributed by atoms with Crippen molar-refractivity contribution in [1.82, 2.24) is 9.80 Å². The van der Waals surface area contributed by atoms with Crippen molar-refractivity contribution >= 4 is 0 Å². The quantitative estimate of drug-likeness (QED) is 0.870. The van der Waals surface area contributed by atoms with Gasteiger partial charge in [-0.2, -0.15) is 0 Å². The van der Waals surface area contributed by atoms with Crippen LogP contribution in [-0.4, -0.2) is 49.1 Å². The van der Waals surface area contributed by atoms with Gasteiger partial charge in [0, 0.05) is 45.3 Å². The third-order valence-electron chi connectivity index (χ3n) is 4.39. The first kappa shape index (κ1) is 12.2. The molecular formula is C15H23N3. The molecule has 1 heterocycles. The molecule has 1 fully saturated rings. The van der Waals surface area contributed by atoms with E-state index in [1.807, 2.05) is 0 Å². The molecule has 1 saturated heterocycles. The predicted molar refractivity (Wildman–Crippen MR) is 74.6 cm³/mol. The lowest BCUT2D eigenvalue weighted by atomic mass is 10.1. The van der Waals surface area contributed by atoms with Crippen molar-refractivity contribution in [3.05, 3.63) is 35.4 Å². The van der Waals surface area contributed by atoms with E-state index in [1.165, 1.54) is 39.0 Å². The molecule has 0 amide bonds. The molecule has 0 aromatic heterocycles. The Morgan fingerprint density at radius 1 is 1.11 bits per heavy atom. The maximum Gasteiger partial charge on any atom is 0.0355 e. The van der Waals surface area contributed by atoms with Gasteiger partial charge in [0.05, 0.1) is 0 Å². The summed E-state index contributed by atoms with van der Waals surface area (Å²) < 4.78 is 0. The van der Waals surface area contributed by atoms with Gasteiger partial charge in [-0.15, -0.1) is 0 Å². The number of aryl methyl sites for hydroxylation is 1. The number of nitrogens with two attached hydrogens (primary N) is 1. The van der Waals surface area contributed by atoms with Gasteiger partial charge in [0.1, 0.15) is 0 Å². The van der Waals surface area contributed by atoms with E-state index >= 15 is 0 Å². The monoisotopic (exact) mass is 245 g/mol. The minimum Gasteiger partial charge on any atom is -0.329 e. The summed E-state index contributed by atoms with van der Waals surface area (Å²) in [6.45, 7) is 6.57. The van der Waals surface area contributed by atoms with Crippen molar-refractivity contribution in [3.63, 3.8) is 0 Å². The van der Waals surface area contributed by atoms with Crippen LogP contribution < -0.4 is 5.73 Å². The highest BCUT2D eigenvalue weighted by Gasteiger charge is 2.29. The van der Waals surface area contributed by atoms with Crippen molar-refractivity contribution < 1.29 is 0 Å². The Hall–Kier alpha value is -0.900. The first-order valence-corrected chi connectivity index (χ1v) is 7.13. The average Bonchev–Trinajstić information content (AvgIpc) is 2.84. The summed E-state index contributed by atoms with van der Waals surface area (Å²) in [6.07, 6.45) is 2.56. The lowest BCUT2D eigenvalue weighted by molar-refractivity contribution is 0.0979. The van der Waals surface area contributed by atoms with Gasteiger partial charge in [0.25, 0.3) is 0 Å². The summed E-state index contributed by atoms with van der Waals surface area (Å²) in [4.78, 5) is 5.15. The number of nitrogens with zero attached hydrogens (tertiary/aromatic N) is 2. The zero-order valence-corrected chi connectivity index (χ0v) is 11.0. The second-order valence-electron chi connectivity index (χ2n) is 5.42. The highest BCUT2D eigenvalue weighted by molar-refractivity contribution is 5.34. The summed E-state index contributed by atoms with van der Waals surface area (Å²) in [5.41, 5.74) is 8.76. The summed E-state index contributed by atoms with van der Waals surface area (Å²) in [5.74, 6) is 0. The maximum absolute atomic E-state index is 5.62. The molecule has 3 rings (SSSR count). The normalized spacial score (nSPS) is 25.3. The molecule has 18 heavy (non-hydrogen) atoms. The standard InChI is InChI=1S/C15H23N3/c16-7-8-17-9-11-18(12-10-17)15-6-5-13-3-1-2-4-14(13)15/h1-4,15H,5-12,16H2/t15-/m0/s1. The third kappa shape index (κ3) is 2.30. The van der Waals surface area contributed by atoms with Crippen LogP contribution in [0.15, 0.2) is 24.3 Å². The van der Waals surface area contributed by atoms with E-state index in [4.69, 9.17) is 5.73 Å². The topological polar surface area (TPSA) is 32.5 Å². The van der Waals surface area contributed by atoms with Crippen molar-refractivity contribution in [2.45, 2.75) is 18.9 Å². The van der Waals surface area contributed by atoms with E-state index < -0.39 is 0 Å². The molecule has 1 aliphatic heterocycles. The zero-order chi connectivity index (χ0) is 12.4. The summed E-state index contributed by atoms with van der Waals surface area (Å²) in [7, 11) is 0. The fourth-order valence-electron chi connectivity index (χ4n) is 3.40. The summed E-state index contributed by atoms with van der Waals surface area (Å²) >= 11 is 0. The van der Waals surface area contributed by atoms with Crippen LogP contribution in [0, 0.1) is 0 Å². The highest BCUT2D eigenvalue weighted by atomic mass is 15.3. The van der Waals surface area contributed by atoms with E-state index in [1.54, 1.807) is 11.1 Å². The number of benzene rings is 1. The Balaban J connectivity index is 1.64. The largest absolute Gasteiger partial charge is 0.329 e. The van der Waals surface area contributed by atoms with Crippen LogP contribution in [0.1, 0.15) is 23.6 Å². The van der Waals surface area contributed by atoms with Crippen LogP contribution in [0.2, 0.25) is 0 Å². The molecule has 1 aliphatic carbocycles. The molecule has 0 radical (unpaired) electrons. The molecule has 1 aromatic rings. The predicted octanol–water partition coefficient (Wildman–Crippen LogP) is 1.25. The molecular weight excluding hydrogens is 222 g/mol. The third-order valence-corrected chi connectivity index (χ3v) is 4.39. The molecule has 0 bridgehead atoms. The molecule has 2 N–H and O–H groups in total. The number of piperazine rings is 1. The number of hydrogen-bond donors (Lipinski definition) is 1. The molecule has 1 aromatic carbocycles. The van der Waals surface area contributed by atoms with Crippen molar-refractivity contribution in [3.8, 4) is 0 Å². The molecule has 0 saturated carbocycles. The van der Waals surface area contributed by atoms with E-state index in [0.717, 1.165) is 13.1 Å². The lowest BCUT2D eigenvalue weighted by Gasteiger charge is -2.38. The maximum atomic E-state index is 5.62. The van der Waals surface area contributed by atoms with E-state index in [2.05, 4.69) is 34.1 Å². The van der Waals surface area contributed by atoms with Gasteiger partial charge in [0.2, 0.25) is 0 Å². The van der Waals surface area contributed by atoms with Crippen LogP contribution in [-0.2, 0) is 6.42 Å². The molecule has 0 spiro atoms. The van der Waals surface area contributed by atoms with Crippen LogP contribution >= 0.6 is 0 Å². The van der Waals surface area contributed by atoms with Crippen LogP contribution in [0.3, 0.4) is 0 Å². The zero-order valence-electron chi connectivity index (χ0n) is 11.0. The minimum atomic E-state index is 0.668. The number of hydrogen-bond acceptors (Lipinski definition) is 3. The first-order chi connectivity index (χ1) is 8.88. The first-order valence-electron chi connectivity index (χ1n) is 7.13. The van der Waals surface area contributed by atoms with Gasteiger partial charge in [-0.05, 0) is 24.0 Å². The Bertz CT molecular complexity index is 396. The summed E-state index contributed by atoms with van der Waals surface area (Å²) in [5, 5.41) is 0. The van der Waals surface area contributed by atoms with Crippen molar-refractivity contribution in [2.24, 2.45) is 5.73 Å². The Labute approximate surface area is 110 Å². The van der Waals surface area contributed by atoms with Crippen molar-refractivity contribution in [1.29, 1.82) is 0 Å². The fourth-order valence-corrected chi connectivity index (χ4v) is 3.40. The Morgan fingerprint density at radius 3 is 2.67 bits per heavy atom. The van der Waals surface area contributed by atoms with Gasteiger partial charge < -0.3 is 5.73 Å². The molecule has 2 aliphatic rings. The second kappa shape index (κ2) is 5.39. The number of rotatable bonds is 3. The smallest absolute Gasteiger partial charge is 0.0355 e. The lowest BCUT2D eigenvalue weighted by Crippen LogP contribution is -2.48. The number of fused-ring (bicyclic) bond motifs is 1. The van der Waals surface area contributed by atoms with Crippen molar-refractivity contribution in [2.75, 3.05) is 39.3 Å². The highest BCUT2D eigenvalue weighted by Crippen LogP contribution is 2.35. The Kier molecular flexibility index (Phi) is 3.64. The van der Waals surface area contributed by atoms with Crippen LogP contribution in [0.4, 0.5) is 0 Å². The van der Waals surface area contributed by atoms with Gasteiger partial charge in [0.15, 0.2) is 0 Å². The molecule has 3 nitrogen and oxygen atoms in total. The molecule has 3 heteroatoms. The van der Waals surface area contributed by atoms with Gasteiger partial charge in [-0.1, -0.05) is 24.3 Å². The van der Waals surface area contributed by atoms with Gasteiger partial charge in [-0.25, -0.2) is 0 Å². The van der Waals surface area contributed by atoms with E-state index in [0.29, 0.717) is 6.04 Å². The van der Waals surface area contributed by atoms with E-state index in [-0.39, 0.29) is 0 Å². The Morgan fingerprint density at radius 2 is 1.89 bits per heavy atom. The minimum absolute atomic E-state index is 0.668. The van der Waals surface area contributed by atoms with Gasteiger partial charge in [-0.3, -0.25) is 9.80 Å². The molecule has 98 valence electrons. The molecule has 0 unspecified atom stereocenters. The molecule has 1 atom stereocenters. The fraction of sp³-hybridized carbons (Fsp3) is 0.600. The van der Waals surface area contributed by atoms with E-state index in [9.17, 15) is 0 Å². The van der Waals surface area contributed by atoms with Gasteiger partial charge >= 0.3 is 0 Å². The second-order valence-corrected chi connectivity index (χ2v) is 5.42. The average molecular weight is 245 g/mol. The SMILES string of the molecule is NCCN1CCN([C@H]2CCc3ccccc32)CC1.